The van der Waals surface area contributed by atoms with Gasteiger partial charge in [0.25, 0.3) is 0 Å². The first kappa shape index (κ1) is 34.1. The second-order valence-electron chi connectivity index (χ2n) is 16.3. The molecule has 0 bridgehead atoms. The SMILES string of the molecule is Cc1ccc2c(c1)c1cc(N(c3ccc(-c4ccc5c(c4)C(C)(C)c4ccccc4-5)cc3)c3ccc(-c4ccc5ccccc5c4)cc3)ccc1n2-c1ccccc1. The summed E-state index contributed by atoms with van der Waals surface area (Å²) in [5.41, 5.74) is 18.5. The van der Waals surface area contributed by atoms with Crippen LogP contribution in [-0.4, -0.2) is 4.57 Å². The van der Waals surface area contributed by atoms with Gasteiger partial charge in [-0.2, -0.15) is 0 Å². The van der Waals surface area contributed by atoms with E-state index in [4.69, 9.17) is 0 Å². The number of fused-ring (bicyclic) bond motifs is 7. The van der Waals surface area contributed by atoms with Gasteiger partial charge >= 0.3 is 0 Å². The minimum Gasteiger partial charge on any atom is -0.310 e. The number of nitrogens with zero attached hydrogens (tertiary/aromatic N) is 2. The molecule has 0 saturated carbocycles. The monoisotopic (exact) mass is 742 g/mol. The van der Waals surface area contributed by atoms with E-state index in [1.807, 2.05) is 0 Å². The molecule has 0 unspecified atom stereocenters. The zero-order valence-electron chi connectivity index (χ0n) is 32.9. The van der Waals surface area contributed by atoms with Crippen LogP contribution in [0, 0.1) is 6.92 Å². The van der Waals surface area contributed by atoms with Crippen LogP contribution in [0.2, 0.25) is 0 Å². The van der Waals surface area contributed by atoms with Crippen molar-refractivity contribution in [2.24, 2.45) is 0 Å². The molecule has 0 saturated heterocycles. The zero-order chi connectivity index (χ0) is 39.0. The summed E-state index contributed by atoms with van der Waals surface area (Å²) in [6.07, 6.45) is 0. The van der Waals surface area contributed by atoms with Gasteiger partial charge in [-0.3, -0.25) is 0 Å². The van der Waals surface area contributed by atoms with E-state index in [1.54, 1.807) is 0 Å². The Balaban J connectivity index is 1.03. The molecule has 0 amide bonds. The number of hydrogen-bond donors (Lipinski definition) is 0. The van der Waals surface area contributed by atoms with Crippen molar-refractivity contribution >= 4 is 49.6 Å². The van der Waals surface area contributed by atoms with Crippen LogP contribution in [0.3, 0.4) is 0 Å². The van der Waals surface area contributed by atoms with Gasteiger partial charge in [0, 0.05) is 38.9 Å². The molecule has 1 aliphatic carbocycles. The molecule has 0 atom stereocenters. The summed E-state index contributed by atoms with van der Waals surface area (Å²) in [5, 5.41) is 4.99. The minimum atomic E-state index is -0.0431. The van der Waals surface area contributed by atoms with Gasteiger partial charge in [-0.1, -0.05) is 141 Å². The normalized spacial score (nSPS) is 12.9. The first-order valence-corrected chi connectivity index (χ1v) is 20.3. The second-order valence-corrected chi connectivity index (χ2v) is 16.3. The first-order valence-electron chi connectivity index (χ1n) is 20.3. The van der Waals surface area contributed by atoms with Crippen molar-refractivity contribution in [1.82, 2.24) is 4.57 Å². The molecule has 0 radical (unpaired) electrons. The number of anilines is 3. The van der Waals surface area contributed by atoms with Crippen LogP contribution < -0.4 is 4.90 Å². The fourth-order valence-electron chi connectivity index (χ4n) is 9.43. The summed E-state index contributed by atoms with van der Waals surface area (Å²) in [4.78, 5) is 2.40. The Morgan fingerprint density at radius 3 is 1.69 bits per heavy atom. The van der Waals surface area contributed by atoms with Gasteiger partial charge in [0.1, 0.15) is 0 Å². The molecule has 1 aromatic heterocycles. The van der Waals surface area contributed by atoms with Crippen LogP contribution in [-0.2, 0) is 5.41 Å². The maximum atomic E-state index is 2.41. The van der Waals surface area contributed by atoms with Gasteiger partial charge in [-0.05, 0) is 141 Å². The number of aryl methyl sites for hydroxylation is 1. The predicted octanol–water partition coefficient (Wildman–Crippen LogP) is 15.4. The summed E-state index contributed by atoms with van der Waals surface area (Å²) < 4.78 is 2.39. The summed E-state index contributed by atoms with van der Waals surface area (Å²) in [6.45, 7) is 6.88. The third kappa shape index (κ3) is 5.48. The van der Waals surface area contributed by atoms with Crippen molar-refractivity contribution in [2.75, 3.05) is 4.90 Å². The Morgan fingerprint density at radius 1 is 0.397 bits per heavy atom. The van der Waals surface area contributed by atoms with Crippen molar-refractivity contribution in [3.05, 3.63) is 217 Å². The summed E-state index contributed by atoms with van der Waals surface area (Å²) in [7, 11) is 0. The van der Waals surface area contributed by atoms with Gasteiger partial charge in [-0.25, -0.2) is 0 Å². The average molecular weight is 743 g/mol. The van der Waals surface area contributed by atoms with E-state index >= 15 is 0 Å². The van der Waals surface area contributed by atoms with E-state index in [9.17, 15) is 0 Å². The summed E-state index contributed by atoms with van der Waals surface area (Å²) in [6, 6.07) is 73.8. The van der Waals surface area contributed by atoms with E-state index in [-0.39, 0.29) is 5.41 Å². The number of benzene rings is 9. The molecule has 0 aliphatic heterocycles. The number of para-hydroxylation sites is 1. The summed E-state index contributed by atoms with van der Waals surface area (Å²) in [5.74, 6) is 0. The molecular weight excluding hydrogens is 701 g/mol. The third-order valence-corrected chi connectivity index (χ3v) is 12.4. The highest BCUT2D eigenvalue weighted by molar-refractivity contribution is 6.11. The predicted molar refractivity (Wildman–Crippen MR) is 246 cm³/mol. The molecule has 1 heterocycles. The van der Waals surface area contributed by atoms with E-state index in [2.05, 4.69) is 230 Å². The smallest absolute Gasteiger partial charge is 0.0542 e. The van der Waals surface area contributed by atoms with Crippen molar-refractivity contribution in [1.29, 1.82) is 0 Å². The lowest BCUT2D eigenvalue weighted by Crippen LogP contribution is -2.14. The van der Waals surface area contributed by atoms with Crippen LogP contribution in [0.4, 0.5) is 17.1 Å². The fraction of sp³-hybridized carbons (Fsp3) is 0.0714. The van der Waals surface area contributed by atoms with Crippen LogP contribution in [0.1, 0.15) is 30.5 Å². The third-order valence-electron chi connectivity index (χ3n) is 12.4. The quantitative estimate of drug-likeness (QED) is 0.165. The highest BCUT2D eigenvalue weighted by Crippen LogP contribution is 2.50. The number of rotatable bonds is 6. The minimum absolute atomic E-state index is 0.0431. The maximum Gasteiger partial charge on any atom is 0.0542 e. The molecule has 9 aromatic carbocycles. The van der Waals surface area contributed by atoms with Gasteiger partial charge in [0.2, 0.25) is 0 Å². The standard InChI is InChI=1S/C56H42N2/c1-37-17-31-54-50(33-37)51-36-47(29-32-55(51)58(54)44-13-5-4-6-14-44)57(45-25-20-39(21-26-45)42-19-18-38-11-7-8-12-41(38)34-42)46-27-22-40(23-28-46)43-24-30-49-48-15-9-10-16-52(48)56(2,3)53(49)35-43/h4-36H,1-3H3. The molecule has 11 rings (SSSR count). The lowest BCUT2D eigenvalue weighted by atomic mass is 9.81. The molecule has 2 heteroatoms. The van der Waals surface area contributed by atoms with E-state index in [0.29, 0.717) is 0 Å². The molecule has 0 spiro atoms. The fourth-order valence-corrected chi connectivity index (χ4v) is 9.43. The van der Waals surface area contributed by atoms with Crippen molar-refractivity contribution < 1.29 is 0 Å². The van der Waals surface area contributed by atoms with Crippen LogP contribution >= 0.6 is 0 Å². The highest BCUT2D eigenvalue weighted by Gasteiger charge is 2.35. The van der Waals surface area contributed by atoms with E-state index in [0.717, 1.165) is 22.7 Å². The molecule has 58 heavy (non-hydrogen) atoms. The van der Waals surface area contributed by atoms with Crippen LogP contribution in [0.25, 0.3) is 71.6 Å². The first-order chi connectivity index (χ1) is 28.4. The molecule has 2 nitrogen and oxygen atoms in total. The van der Waals surface area contributed by atoms with Crippen molar-refractivity contribution in [3.63, 3.8) is 0 Å². The lowest BCUT2D eigenvalue weighted by Gasteiger charge is -2.26. The zero-order valence-corrected chi connectivity index (χ0v) is 32.9. The Bertz CT molecular complexity index is 3190. The lowest BCUT2D eigenvalue weighted by molar-refractivity contribution is 0.660. The number of aromatic nitrogens is 1. The Morgan fingerprint density at radius 2 is 0.948 bits per heavy atom. The van der Waals surface area contributed by atoms with Crippen LogP contribution in [0.15, 0.2) is 200 Å². The Kier molecular flexibility index (Phi) is 7.78. The maximum absolute atomic E-state index is 2.41. The summed E-state index contributed by atoms with van der Waals surface area (Å²) >= 11 is 0. The molecular formula is C56H42N2. The Hall–Kier alpha value is -7.16. The van der Waals surface area contributed by atoms with Gasteiger partial charge in [0.05, 0.1) is 11.0 Å². The highest BCUT2D eigenvalue weighted by atomic mass is 15.1. The van der Waals surface area contributed by atoms with Crippen molar-refractivity contribution in [3.8, 4) is 39.1 Å². The van der Waals surface area contributed by atoms with Gasteiger partial charge < -0.3 is 9.47 Å². The topological polar surface area (TPSA) is 8.17 Å². The second kappa shape index (κ2) is 13.2. The van der Waals surface area contributed by atoms with Crippen molar-refractivity contribution in [2.45, 2.75) is 26.2 Å². The molecule has 10 aromatic rings. The average Bonchev–Trinajstić information content (AvgIpc) is 3.71. The van der Waals surface area contributed by atoms with Gasteiger partial charge in [-0.15, -0.1) is 0 Å². The van der Waals surface area contributed by atoms with E-state index < -0.39 is 0 Å². The largest absolute Gasteiger partial charge is 0.310 e. The number of hydrogen-bond acceptors (Lipinski definition) is 1. The van der Waals surface area contributed by atoms with E-state index in [1.165, 1.54) is 82.6 Å². The molecule has 0 N–H and O–H groups in total. The van der Waals surface area contributed by atoms with Crippen LogP contribution in [0.5, 0.6) is 0 Å². The molecule has 276 valence electrons. The molecule has 1 aliphatic rings. The molecule has 0 fully saturated rings. The Labute approximate surface area is 339 Å². The van der Waals surface area contributed by atoms with Gasteiger partial charge in [0.15, 0.2) is 0 Å².